The van der Waals surface area contributed by atoms with Gasteiger partial charge in [0.25, 0.3) is 5.91 Å². The van der Waals surface area contributed by atoms with Crippen LogP contribution in [0.5, 0.6) is 5.75 Å². The molecular weight excluding hydrogens is 492 g/mol. The van der Waals surface area contributed by atoms with Gasteiger partial charge in [0.2, 0.25) is 0 Å². The van der Waals surface area contributed by atoms with Crippen LogP contribution in [0.3, 0.4) is 0 Å². The van der Waals surface area contributed by atoms with Gasteiger partial charge in [0.15, 0.2) is 11.6 Å². The highest BCUT2D eigenvalue weighted by Gasteiger charge is 2.18. The van der Waals surface area contributed by atoms with Crippen molar-refractivity contribution in [1.29, 1.82) is 0 Å². The number of ether oxygens (including phenoxy) is 1. The van der Waals surface area contributed by atoms with Gasteiger partial charge in [0.05, 0.1) is 36.6 Å². The lowest BCUT2D eigenvalue weighted by Crippen LogP contribution is -2.44. The maximum absolute atomic E-state index is 13.1. The average molecular weight is 523 g/mol. The first-order valence-corrected chi connectivity index (χ1v) is 12.9. The van der Waals surface area contributed by atoms with E-state index in [1.54, 1.807) is 19.4 Å². The number of aromatic amines is 1. The van der Waals surface area contributed by atoms with E-state index >= 15 is 0 Å². The summed E-state index contributed by atoms with van der Waals surface area (Å²) in [5.41, 5.74) is 4.95. The molecule has 6 rings (SSSR count). The zero-order valence-corrected chi connectivity index (χ0v) is 22.0. The number of para-hydroxylation sites is 2. The minimum Gasteiger partial charge on any atom is -0.497 e. The van der Waals surface area contributed by atoms with Crippen LogP contribution >= 0.6 is 0 Å². The summed E-state index contributed by atoms with van der Waals surface area (Å²) in [6, 6.07) is 21.2. The lowest BCUT2D eigenvalue weighted by atomic mass is 10.2. The van der Waals surface area contributed by atoms with Gasteiger partial charge in [-0.3, -0.25) is 9.48 Å². The highest BCUT2D eigenvalue weighted by Crippen LogP contribution is 2.25. The minimum atomic E-state index is -0.315. The fraction of sp³-hybridized carbons (Fsp3) is 0.241. The quantitative estimate of drug-likeness (QED) is 0.334. The number of piperazine rings is 1. The molecule has 0 bridgehead atoms. The largest absolute Gasteiger partial charge is 0.497 e. The maximum Gasteiger partial charge on any atom is 0.275 e. The highest BCUT2D eigenvalue weighted by molar-refractivity contribution is 6.02. The molecule has 0 radical (unpaired) electrons. The molecule has 1 fully saturated rings. The SMILES string of the molecule is COc1ccc(Cn2nc(NC(=O)c3ccc(N4CCN(C)CC4)cn3)cc2-c2nc3ccccc3[nH]2)cc1. The third kappa shape index (κ3) is 5.32. The fourth-order valence-electron chi connectivity index (χ4n) is 4.72. The Bertz CT molecular complexity index is 1550. The molecular formula is C29H30N8O2. The normalized spacial score (nSPS) is 14.1. The number of amides is 1. The molecule has 10 heteroatoms. The van der Waals surface area contributed by atoms with E-state index in [1.807, 2.05) is 65.3 Å². The van der Waals surface area contributed by atoms with Gasteiger partial charge < -0.3 is 24.8 Å². The molecule has 2 aromatic carbocycles. The van der Waals surface area contributed by atoms with Gasteiger partial charge in [-0.15, -0.1) is 0 Å². The topological polar surface area (TPSA) is 104 Å². The van der Waals surface area contributed by atoms with Crippen molar-refractivity contribution in [3.8, 4) is 17.3 Å². The lowest BCUT2D eigenvalue weighted by molar-refractivity contribution is 0.102. The van der Waals surface area contributed by atoms with E-state index in [2.05, 4.69) is 32.1 Å². The molecule has 0 atom stereocenters. The predicted molar refractivity (Wildman–Crippen MR) is 151 cm³/mol. The number of likely N-dealkylation sites (N-methyl/N-ethyl adjacent to an activating group) is 1. The van der Waals surface area contributed by atoms with Crippen LogP contribution in [-0.2, 0) is 6.54 Å². The van der Waals surface area contributed by atoms with Gasteiger partial charge in [-0.25, -0.2) is 9.97 Å². The van der Waals surface area contributed by atoms with Crippen LogP contribution in [0.1, 0.15) is 16.1 Å². The number of benzene rings is 2. The number of pyridine rings is 1. The number of rotatable bonds is 7. The number of carbonyl (C=O) groups excluding carboxylic acids is 1. The molecule has 2 N–H and O–H groups in total. The second kappa shape index (κ2) is 10.6. The molecule has 1 amide bonds. The van der Waals surface area contributed by atoms with Crippen molar-refractivity contribution in [2.75, 3.05) is 50.6 Å². The summed E-state index contributed by atoms with van der Waals surface area (Å²) >= 11 is 0. The van der Waals surface area contributed by atoms with Crippen molar-refractivity contribution < 1.29 is 9.53 Å². The summed E-state index contributed by atoms with van der Waals surface area (Å²) in [6.07, 6.45) is 1.77. The van der Waals surface area contributed by atoms with Crippen molar-refractivity contribution in [3.05, 3.63) is 84.2 Å². The summed E-state index contributed by atoms with van der Waals surface area (Å²) in [6.45, 7) is 4.40. The lowest BCUT2D eigenvalue weighted by Gasteiger charge is -2.33. The minimum absolute atomic E-state index is 0.315. The van der Waals surface area contributed by atoms with E-state index in [1.165, 1.54) is 0 Å². The van der Waals surface area contributed by atoms with Gasteiger partial charge in [0, 0.05) is 32.2 Å². The number of imidazole rings is 1. The Labute approximate surface area is 226 Å². The maximum atomic E-state index is 13.1. The molecule has 5 aromatic rings. The molecule has 0 unspecified atom stereocenters. The van der Waals surface area contributed by atoms with E-state index in [9.17, 15) is 4.79 Å². The van der Waals surface area contributed by atoms with Gasteiger partial charge in [-0.05, 0) is 49.0 Å². The van der Waals surface area contributed by atoms with Crippen molar-refractivity contribution >= 4 is 28.4 Å². The van der Waals surface area contributed by atoms with Gasteiger partial charge in [-0.2, -0.15) is 5.10 Å². The van der Waals surface area contributed by atoms with Crippen LogP contribution < -0.4 is 15.0 Å². The molecule has 198 valence electrons. The predicted octanol–water partition coefficient (Wildman–Crippen LogP) is 3.88. The number of methoxy groups -OCH3 is 1. The number of hydrogen-bond acceptors (Lipinski definition) is 7. The fourth-order valence-corrected chi connectivity index (χ4v) is 4.72. The van der Waals surface area contributed by atoms with Crippen molar-refractivity contribution in [2.45, 2.75) is 6.54 Å². The molecule has 10 nitrogen and oxygen atoms in total. The van der Waals surface area contributed by atoms with E-state index in [-0.39, 0.29) is 5.91 Å². The Hall–Kier alpha value is -4.70. The summed E-state index contributed by atoms with van der Waals surface area (Å²) in [4.78, 5) is 30.2. The summed E-state index contributed by atoms with van der Waals surface area (Å²) < 4.78 is 7.12. The summed E-state index contributed by atoms with van der Waals surface area (Å²) in [7, 11) is 3.77. The van der Waals surface area contributed by atoms with Crippen LogP contribution in [0.2, 0.25) is 0 Å². The van der Waals surface area contributed by atoms with Crippen molar-refractivity contribution in [1.82, 2.24) is 29.6 Å². The Morgan fingerprint density at radius 2 is 1.82 bits per heavy atom. The van der Waals surface area contributed by atoms with Crippen LogP contribution in [0, 0.1) is 0 Å². The standard InChI is InChI=1S/C29H30N8O2/c1-35-13-15-36(16-14-35)21-9-12-25(30-18-21)29(38)33-27-17-26(28-31-23-5-3-4-6-24(23)32-28)37(34-27)19-20-7-10-22(39-2)11-8-20/h3-12,17-18H,13-16,19H2,1-2H3,(H,31,32)(H,33,34,38). The van der Waals surface area contributed by atoms with Crippen LogP contribution in [0.25, 0.3) is 22.6 Å². The third-order valence-electron chi connectivity index (χ3n) is 6.99. The molecule has 39 heavy (non-hydrogen) atoms. The zero-order valence-electron chi connectivity index (χ0n) is 22.0. The van der Waals surface area contributed by atoms with Crippen molar-refractivity contribution in [3.63, 3.8) is 0 Å². The van der Waals surface area contributed by atoms with Crippen molar-refractivity contribution in [2.24, 2.45) is 0 Å². The first-order valence-electron chi connectivity index (χ1n) is 12.9. The third-order valence-corrected chi connectivity index (χ3v) is 6.99. The second-order valence-electron chi connectivity index (χ2n) is 9.67. The van der Waals surface area contributed by atoms with Crippen LogP contribution in [-0.4, -0.2) is 75.9 Å². The van der Waals surface area contributed by atoms with Gasteiger partial charge >= 0.3 is 0 Å². The molecule has 1 aliphatic heterocycles. The zero-order chi connectivity index (χ0) is 26.8. The number of nitrogens with zero attached hydrogens (tertiary/aromatic N) is 6. The van der Waals surface area contributed by atoms with E-state index in [4.69, 9.17) is 14.8 Å². The first-order chi connectivity index (χ1) is 19.1. The van der Waals surface area contributed by atoms with Crippen LogP contribution in [0.15, 0.2) is 72.9 Å². The summed E-state index contributed by atoms with van der Waals surface area (Å²) in [5, 5.41) is 7.63. The smallest absolute Gasteiger partial charge is 0.275 e. The molecule has 0 saturated carbocycles. The highest BCUT2D eigenvalue weighted by atomic mass is 16.5. The molecule has 4 heterocycles. The van der Waals surface area contributed by atoms with Gasteiger partial charge in [0.1, 0.15) is 17.1 Å². The monoisotopic (exact) mass is 522 g/mol. The molecule has 1 aliphatic rings. The Morgan fingerprint density at radius 1 is 1.03 bits per heavy atom. The van der Waals surface area contributed by atoms with E-state index in [0.717, 1.165) is 59.9 Å². The summed E-state index contributed by atoms with van der Waals surface area (Å²) in [5.74, 6) is 1.57. The Morgan fingerprint density at radius 3 is 2.54 bits per heavy atom. The average Bonchev–Trinajstić information content (AvgIpc) is 3.57. The van der Waals surface area contributed by atoms with Crippen LogP contribution in [0.4, 0.5) is 11.5 Å². The van der Waals surface area contributed by atoms with E-state index < -0.39 is 0 Å². The molecule has 3 aromatic heterocycles. The Kier molecular flexibility index (Phi) is 6.68. The number of nitrogens with one attached hydrogen (secondary N) is 2. The second-order valence-corrected chi connectivity index (χ2v) is 9.67. The van der Waals surface area contributed by atoms with E-state index in [0.29, 0.717) is 23.9 Å². The number of hydrogen-bond donors (Lipinski definition) is 2. The number of fused-ring (bicyclic) bond motifs is 1. The first kappa shape index (κ1) is 24.6. The van der Waals surface area contributed by atoms with Gasteiger partial charge in [-0.1, -0.05) is 24.3 Å². The molecule has 1 saturated heterocycles. The number of H-pyrrole nitrogens is 1. The number of anilines is 2. The molecule has 0 spiro atoms. The number of aromatic nitrogens is 5. The Balaban J connectivity index is 1.25. The number of carbonyl (C=O) groups is 1. The molecule has 0 aliphatic carbocycles.